The van der Waals surface area contributed by atoms with Crippen LogP contribution in [0.15, 0.2) is 28.9 Å². The molecular formula is C17H22N4O4. The summed E-state index contributed by atoms with van der Waals surface area (Å²) in [5, 5.41) is 3.88. The zero-order valence-electron chi connectivity index (χ0n) is 14.3. The Morgan fingerprint density at radius 3 is 2.92 bits per heavy atom. The molecule has 0 atom stereocenters. The number of aromatic nitrogens is 3. The van der Waals surface area contributed by atoms with Gasteiger partial charge in [0.05, 0.1) is 12.7 Å². The van der Waals surface area contributed by atoms with E-state index in [9.17, 15) is 4.79 Å². The van der Waals surface area contributed by atoms with Crippen LogP contribution in [-0.2, 0) is 22.5 Å². The molecule has 25 heavy (non-hydrogen) atoms. The molecule has 1 aliphatic rings. The van der Waals surface area contributed by atoms with Crippen molar-refractivity contribution >= 4 is 5.91 Å². The third kappa shape index (κ3) is 4.83. The molecule has 0 aromatic carbocycles. The predicted octanol–water partition coefficient (Wildman–Crippen LogP) is 1.47. The number of nitrogens with zero attached hydrogens (tertiary/aromatic N) is 4. The minimum absolute atomic E-state index is 0.0289. The van der Waals surface area contributed by atoms with Crippen LogP contribution in [0.25, 0.3) is 0 Å². The Bertz CT molecular complexity index is 668. The Balaban J connectivity index is 1.42. The summed E-state index contributed by atoms with van der Waals surface area (Å²) >= 11 is 0. The van der Waals surface area contributed by atoms with Gasteiger partial charge in [-0.15, -0.1) is 0 Å². The van der Waals surface area contributed by atoms with Gasteiger partial charge in [0.25, 0.3) is 11.8 Å². The Morgan fingerprint density at radius 2 is 2.20 bits per heavy atom. The number of hydrogen-bond acceptors (Lipinski definition) is 7. The normalized spacial score (nSPS) is 15.5. The quantitative estimate of drug-likeness (QED) is 0.750. The zero-order chi connectivity index (χ0) is 17.5. The summed E-state index contributed by atoms with van der Waals surface area (Å²) in [6.07, 6.45) is 3.90. The van der Waals surface area contributed by atoms with Crippen LogP contribution in [0.5, 0.6) is 0 Å². The summed E-state index contributed by atoms with van der Waals surface area (Å²) in [7, 11) is 1.63. The van der Waals surface area contributed by atoms with E-state index in [-0.39, 0.29) is 12.0 Å². The van der Waals surface area contributed by atoms with Gasteiger partial charge < -0.3 is 18.9 Å². The predicted molar refractivity (Wildman–Crippen MR) is 87.8 cm³/mol. The molecule has 0 saturated carbocycles. The number of rotatable bonds is 7. The first-order chi connectivity index (χ1) is 12.3. The largest absolute Gasteiger partial charge is 0.384 e. The molecule has 0 unspecified atom stereocenters. The number of piperidine rings is 1. The maximum Gasteiger partial charge on any atom is 0.272 e. The van der Waals surface area contributed by atoms with Crippen molar-refractivity contribution < 1.29 is 18.8 Å². The maximum absolute atomic E-state index is 12.4. The van der Waals surface area contributed by atoms with Gasteiger partial charge >= 0.3 is 0 Å². The van der Waals surface area contributed by atoms with E-state index < -0.39 is 0 Å². The van der Waals surface area contributed by atoms with Crippen LogP contribution in [0.1, 0.15) is 35.0 Å². The molecule has 1 saturated heterocycles. The highest BCUT2D eigenvalue weighted by Crippen LogP contribution is 2.17. The molecule has 0 N–H and O–H groups in total. The fraction of sp³-hybridized carbons (Fsp3) is 0.529. The Kier molecular flexibility index (Phi) is 6.08. The van der Waals surface area contributed by atoms with E-state index >= 15 is 0 Å². The minimum atomic E-state index is -0.0289. The van der Waals surface area contributed by atoms with Crippen LogP contribution in [-0.4, -0.2) is 58.8 Å². The highest BCUT2D eigenvalue weighted by atomic mass is 16.5. The lowest BCUT2D eigenvalue weighted by atomic mass is 10.1. The van der Waals surface area contributed by atoms with Crippen molar-refractivity contribution in [3.63, 3.8) is 0 Å². The molecule has 0 spiro atoms. The van der Waals surface area contributed by atoms with Crippen molar-refractivity contribution in [3.8, 4) is 0 Å². The first kappa shape index (κ1) is 17.5. The van der Waals surface area contributed by atoms with E-state index in [1.54, 1.807) is 25.4 Å². The molecule has 0 radical (unpaired) electrons. The van der Waals surface area contributed by atoms with Gasteiger partial charge in [-0.2, -0.15) is 4.98 Å². The van der Waals surface area contributed by atoms with Crippen LogP contribution in [0, 0.1) is 0 Å². The highest BCUT2D eigenvalue weighted by Gasteiger charge is 2.25. The van der Waals surface area contributed by atoms with Crippen molar-refractivity contribution in [1.29, 1.82) is 0 Å². The number of likely N-dealkylation sites (tertiary alicyclic amines) is 1. The molecule has 3 heterocycles. The van der Waals surface area contributed by atoms with E-state index in [0.29, 0.717) is 50.1 Å². The summed E-state index contributed by atoms with van der Waals surface area (Å²) in [6, 6.07) is 5.36. The third-order valence-corrected chi connectivity index (χ3v) is 4.10. The van der Waals surface area contributed by atoms with Gasteiger partial charge in [0.15, 0.2) is 5.82 Å². The van der Waals surface area contributed by atoms with E-state index in [1.807, 2.05) is 11.0 Å². The topological polar surface area (TPSA) is 90.6 Å². The Morgan fingerprint density at radius 1 is 1.36 bits per heavy atom. The zero-order valence-corrected chi connectivity index (χ0v) is 14.3. The molecule has 134 valence electrons. The fourth-order valence-electron chi connectivity index (χ4n) is 2.71. The first-order valence-electron chi connectivity index (χ1n) is 8.38. The molecule has 0 bridgehead atoms. The van der Waals surface area contributed by atoms with Gasteiger partial charge in [-0.05, 0) is 25.0 Å². The lowest BCUT2D eigenvalue weighted by Gasteiger charge is -2.31. The number of pyridine rings is 1. The van der Waals surface area contributed by atoms with E-state index in [0.717, 1.165) is 12.8 Å². The average molecular weight is 346 g/mol. The average Bonchev–Trinajstić information content (AvgIpc) is 3.13. The number of ether oxygens (including phenoxy) is 2. The van der Waals surface area contributed by atoms with Crippen LogP contribution >= 0.6 is 0 Å². The van der Waals surface area contributed by atoms with Crippen LogP contribution in [0.4, 0.5) is 0 Å². The van der Waals surface area contributed by atoms with Crippen molar-refractivity contribution in [2.45, 2.75) is 32.0 Å². The van der Waals surface area contributed by atoms with Crippen LogP contribution < -0.4 is 0 Å². The second kappa shape index (κ2) is 8.68. The lowest BCUT2D eigenvalue weighted by molar-refractivity contribution is -0.00988. The van der Waals surface area contributed by atoms with Gasteiger partial charge in [0.1, 0.15) is 12.3 Å². The fourth-order valence-corrected chi connectivity index (χ4v) is 2.71. The number of hydrogen-bond donors (Lipinski definition) is 0. The van der Waals surface area contributed by atoms with Gasteiger partial charge in [0, 0.05) is 32.8 Å². The Hall–Kier alpha value is -2.32. The van der Waals surface area contributed by atoms with Crippen molar-refractivity contribution in [1.82, 2.24) is 20.0 Å². The molecule has 0 aliphatic carbocycles. The van der Waals surface area contributed by atoms with Crippen molar-refractivity contribution in [2.24, 2.45) is 0 Å². The number of carbonyl (C=O) groups is 1. The SMILES string of the molecule is COCCc1noc(COC2CCN(C(=O)c3ccccn3)CC2)n1. The number of amides is 1. The minimum Gasteiger partial charge on any atom is -0.384 e. The molecule has 8 nitrogen and oxygen atoms in total. The second-order valence-electron chi connectivity index (χ2n) is 5.86. The standard InChI is InChI=1S/C17H22N4O4/c1-23-11-7-15-19-16(25-20-15)12-24-13-5-9-21(10-6-13)17(22)14-4-2-3-8-18-14/h2-4,8,13H,5-7,9-12H2,1H3. The van der Waals surface area contributed by atoms with E-state index in [2.05, 4.69) is 15.1 Å². The van der Waals surface area contributed by atoms with Gasteiger partial charge in [-0.3, -0.25) is 9.78 Å². The molecule has 2 aromatic rings. The summed E-state index contributed by atoms with van der Waals surface area (Å²) in [5.41, 5.74) is 0.483. The number of carbonyl (C=O) groups excluding carboxylic acids is 1. The third-order valence-electron chi connectivity index (χ3n) is 4.10. The molecule has 1 amide bonds. The molecule has 1 aliphatic heterocycles. The van der Waals surface area contributed by atoms with Crippen molar-refractivity contribution in [2.75, 3.05) is 26.8 Å². The van der Waals surface area contributed by atoms with Crippen LogP contribution in [0.3, 0.4) is 0 Å². The summed E-state index contributed by atoms with van der Waals surface area (Å²) < 4.78 is 16.0. The van der Waals surface area contributed by atoms with Gasteiger partial charge in [-0.25, -0.2) is 0 Å². The lowest BCUT2D eigenvalue weighted by Crippen LogP contribution is -2.41. The molecular weight excluding hydrogens is 324 g/mol. The first-order valence-corrected chi connectivity index (χ1v) is 8.38. The monoisotopic (exact) mass is 346 g/mol. The number of methoxy groups -OCH3 is 1. The van der Waals surface area contributed by atoms with Gasteiger partial charge in [-0.1, -0.05) is 11.2 Å². The highest BCUT2D eigenvalue weighted by molar-refractivity contribution is 5.92. The Labute approximate surface area is 146 Å². The molecule has 2 aromatic heterocycles. The smallest absolute Gasteiger partial charge is 0.272 e. The van der Waals surface area contributed by atoms with Gasteiger partial charge in [0.2, 0.25) is 0 Å². The summed E-state index contributed by atoms with van der Waals surface area (Å²) in [6.45, 7) is 2.16. The summed E-state index contributed by atoms with van der Waals surface area (Å²) in [4.78, 5) is 22.5. The second-order valence-corrected chi connectivity index (χ2v) is 5.86. The summed E-state index contributed by atoms with van der Waals surface area (Å²) in [5.74, 6) is 1.06. The van der Waals surface area contributed by atoms with E-state index in [1.165, 1.54) is 0 Å². The maximum atomic E-state index is 12.4. The van der Waals surface area contributed by atoms with E-state index in [4.69, 9.17) is 14.0 Å². The van der Waals surface area contributed by atoms with Crippen LogP contribution in [0.2, 0.25) is 0 Å². The molecule has 1 fully saturated rings. The molecule has 8 heteroatoms. The molecule has 3 rings (SSSR count). The van der Waals surface area contributed by atoms with Crippen molar-refractivity contribution in [3.05, 3.63) is 41.8 Å².